The molecule has 1 saturated carbocycles. The molecule has 2 aromatic carbocycles. The van der Waals surface area contributed by atoms with Crippen LogP contribution in [0.15, 0.2) is 53.4 Å². The number of rotatable bonds is 7. The molecule has 144 valence electrons. The Morgan fingerprint density at radius 2 is 1.67 bits per heavy atom. The van der Waals surface area contributed by atoms with Gasteiger partial charge in [0.05, 0.1) is 11.3 Å². The van der Waals surface area contributed by atoms with Gasteiger partial charge in [0.1, 0.15) is 0 Å². The Bertz CT molecular complexity index is 889. The summed E-state index contributed by atoms with van der Waals surface area (Å²) in [6.07, 6.45) is 3.63. The van der Waals surface area contributed by atoms with E-state index in [4.69, 9.17) is 5.11 Å². The second-order valence-corrected chi connectivity index (χ2v) is 9.04. The lowest BCUT2D eigenvalue weighted by atomic mass is 9.94. The third kappa shape index (κ3) is 5.17. The fourth-order valence-electron chi connectivity index (χ4n) is 3.69. The summed E-state index contributed by atoms with van der Waals surface area (Å²) in [6.45, 7) is 1.93. The molecule has 0 aliphatic heterocycles. The maximum absolute atomic E-state index is 12.7. The van der Waals surface area contributed by atoms with Gasteiger partial charge in [0.15, 0.2) is 0 Å². The van der Waals surface area contributed by atoms with Crippen molar-refractivity contribution in [3.8, 4) is 0 Å². The van der Waals surface area contributed by atoms with Crippen molar-refractivity contribution in [2.24, 2.45) is 5.92 Å². The zero-order chi connectivity index (χ0) is 19.4. The van der Waals surface area contributed by atoms with Crippen molar-refractivity contribution >= 4 is 16.0 Å². The number of carbonyl (C=O) groups is 1. The summed E-state index contributed by atoms with van der Waals surface area (Å²) in [4.78, 5) is 11.1. The predicted octanol–water partition coefficient (Wildman–Crippen LogP) is 3.31. The lowest BCUT2D eigenvalue weighted by molar-refractivity contribution is -0.136. The van der Waals surface area contributed by atoms with Crippen LogP contribution in [0.5, 0.6) is 0 Å². The quantitative estimate of drug-likeness (QED) is 0.763. The summed E-state index contributed by atoms with van der Waals surface area (Å²) in [5.74, 6) is -0.598. The van der Waals surface area contributed by atoms with Gasteiger partial charge in [0, 0.05) is 6.04 Å². The van der Waals surface area contributed by atoms with E-state index < -0.39 is 16.0 Å². The minimum Gasteiger partial charge on any atom is -0.481 e. The first-order chi connectivity index (χ1) is 12.8. The van der Waals surface area contributed by atoms with Gasteiger partial charge in [0.2, 0.25) is 10.0 Å². The van der Waals surface area contributed by atoms with Crippen LogP contribution < -0.4 is 4.72 Å². The molecule has 1 aliphatic rings. The van der Waals surface area contributed by atoms with Gasteiger partial charge < -0.3 is 5.11 Å². The van der Waals surface area contributed by atoms with E-state index in [1.54, 1.807) is 24.3 Å². The van der Waals surface area contributed by atoms with E-state index in [-0.39, 0.29) is 18.4 Å². The van der Waals surface area contributed by atoms with Gasteiger partial charge in [-0.1, -0.05) is 48.4 Å². The standard InChI is InChI=1S/C21H25NO4S/c1-15-5-11-19(12-6-15)27(25,26)22-20-4-2-3-18(20)13-16-7-9-17(10-8-16)14-21(23)24/h5-12,18,20,22H,2-4,13-14H2,1H3,(H,23,24)/t18-,20+/m0/s1. The number of nitrogens with one attached hydrogen (secondary N) is 1. The molecule has 0 aromatic heterocycles. The van der Waals surface area contributed by atoms with Crippen LogP contribution in [0.4, 0.5) is 0 Å². The molecule has 1 fully saturated rings. The van der Waals surface area contributed by atoms with E-state index in [1.165, 1.54) is 0 Å². The number of benzene rings is 2. The van der Waals surface area contributed by atoms with Gasteiger partial charge in [0.25, 0.3) is 0 Å². The molecular formula is C21H25NO4S. The molecule has 2 N–H and O–H groups in total. The molecule has 0 bridgehead atoms. The van der Waals surface area contributed by atoms with E-state index >= 15 is 0 Å². The molecule has 0 saturated heterocycles. The zero-order valence-corrected chi connectivity index (χ0v) is 16.2. The van der Waals surface area contributed by atoms with Crippen molar-refractivity contribution in [2.75, 3.05) is 0 Å². The molecular weight excluding hydrogens is 362 g/mol. The summed E-state index contributed by atoms with van der Waals surface area (Å²) in [5.41, 5.74) is 2.91. The molecule has 0 heterocycles. The first-order valence-corrected chi connectivity index (χ1v) is 10.7. The predicted molar refractivity (Wildman–Crippen MR) is 104 cm³/mol. The summed E-state index contributed by atoms with van der Waals surface area (Å²) in [6, 6.07) is 14.4. The number of hydrogen-bond acceptors (Lipinski definition) is 3. The van der Waals surface area contributed by atoms with Crippen molar-refractivity contribution in [3.05, 3.63) is 65.2 Å². The molecule has 2 atom stereocenters. The van der Waals surface area contributed by atoms with Crippen LogP contribution >= 0.6 is 0 Å². The van der Waals surface area contributed by atoms with Crippen molar-refractivity contribution in [3.63, 3.8) is 0 Å². The summed E-state index contributed by atoms with van der Waals surface area (Å²) >= 11 is 0. The molecule has 5 nitrogen and oxygen atoms in total. The van der Waals surface area contributed by atoms with Crippen LogP contribution in [0.1, 0.15) is 36.0 Å². The van der Waals surface area contributed by atoms with Crippen LogP contribution in [0, 0.1) is 12.8 Å². The van der Waals surface area contributed by atoms with Crippen LogP contribution in [-0.4, -0.2) is 25.5 Å². The lowest BCUT2D eigenvalue weighted by Crippen LogP contribution is -2.38. The van der Waals surface area contributed by atoms with Crippen molar-refractivity contribution in [1.29, 1.82) is 0 Å². The highest BCUT2D eigenvalue weighted by Gasteiger charge is 2.31. The van der Waals surface area contributed by atoms with Crippen LogP contribution in [0.25, 0.3) is 0 Å². The number of sulfonamides is 1. The minimum absolute atomic E-state index is 0.0166. The van der Waals surface area contributed by atoms with Gasteiger partial charge in [-0.15, -0.1) is 0 Å². The smallest absolute Gasteiger partial charge is 0.307 e. The average molecular weight is 388 g/mol. The Kier molecular flexibility index (Phi) is 5.97. The van der Waals surface area contributed by atoms with E-state index in [1.807, 2.05) is 31.2 Å². The number of aryl methyl sites for hydroxylation is 1. The fourth-order valence-corrected chi connectivity index (χ4v) is 5.03. The van der Waals surface area contributed by atoms with Gasteiger partial charge in [-0.25, -0.2) is 13.1 Å². The normalized spacial score (nSPS) is 19.9. The van der Waals surface area contributed by atoms with Gasteiger partial charge >= 0.3 is 5.97 Å². The largest absolute Gasteiger partial charge is 0.481 e. The SMILES string of the molecule is Cc1ccc(S(=O)(=O)N[C@@H]2CCC[C@H]2Cc2ccc(CC(=O)O)cc2)cc1. The number of carboxylic acid groups (broad SMARTS) is 1. The van der Waals surface area contributed by atoms with Crippen LogP contribution in [0.3, 0.4) is 0 Å². The number of carboxylic acids is 1. The van der Waals surface area contributed by atoms with Gasteiger partial charge in [-0.05, 0) is 55.4 Å². The average Bonchev–Trinajstić information content (AvgIpc) is 3.02. The van der Waals surface area contributed by atoms with Crippen molar-refractivity contribution < 1.29 is 18.3 Å². The van der Waals surface area contributed by atoms with Crippen LogP contribution in [-0.2, 0) is 27.7 Å². The molecule has 0 unspecified atom stereocenters. The first kappa shape index (κ1) is 19.6. The molecule has 0 spiro atoms. The highest BCUT2D eigenvalue weighted by Crippen LogP contribution is 2.30. The summed E-state index contributed by atoms with van der Waals surface area (Å²) in [7, 11) is -3.52. The topological polar surface area (TPSA) is 83.5 Å². The summed E-state index contributed by atoms with van der Waals surface area (Å²) < 4.78 is 28.2. The Morgan fingerprint density at radius 1 is 1.04 bits per heavy atom. The second kappa shape index (κ2) is 8.23. The fraction of sp³-hybridized carbons (Fsp3) is 0.381. The summed E-state index contributed by atoms with van der Waals surface area (Å²) in [5, 5.41) is 8.85. The molecule has 3 rings (SSSR count). The first-order valence-electron chi connectivity index (χ1n) is 9.22. The second-order valence-electron chi connectivity index (χ2n) is 7.32. The lowest BCUT2D eigenvalue weighted by Gasteiger charge is -2.21. The third-order valence-corrected chi connectivity index (χ3v) is 6.68. The third-order valence-electron chi connectivity index (χ3n) is 5.17. The zero-order valence-electron chi connectivity index (χ0n) is 15.4. The highest BCUT2D eigenvalue weighted by molar-refractivity contribution is 7.89. The number of aliphatic carboxylic acids is 1. The van der Waals surface area contributed by atoms with E-state index in [2.05, 4.69) is 4.72 Å². The van der Waals surface area contributed by atoms with E-state index in [9.17, 15) is 13.2 Å². The highest BCUT2D eigenvalue weighted by atomic mass is 32.2. The minimum atomic E-state index is -3.52. The molecule has 1 aliphatic carbocycles. The maximum atomic E-state index is 12.7. The number of hydrogen-bond donors (Lipinski definition) is 2. The molecule has 2 aromatic rings. The molecule has 6 heteroatoms. The van der Waals surface area contributed by atoms with E-state index in [0.717, 1.165) is 42.4 Å². The molecule has 0 radical (unpaired) electrons. The Morgan fingerprint density at radius 3 is 2.30 bits per heavy atom. The monoisotopic (exact) mass is 387 g/mol. The Labute approximate surface area is 160 Å². The van der Waals surface area contributed by atoms with Gasteiger partial charge in [-0.3, -0.25) is 4.79 Å². The Balaban J connectivity index is 1.66. The molecule has 27 heavy (non-hydrogen) atoms. The van der Waals surface area contributed by atoms with Crippen molar-refractivity contribution in [1.82, 2.24) is 4.72 Å². The van der Waals surface area contributed by atoms with E-state index in [0.29, 0.717) is 4.90 Å². The van der Waals surface area contributed by atoms with Crippen molar-refractivity contribution in [2.45, 2.75) is 50.0 Å². The van der Waals surface area contributed by atoms with Gasteiger partial charge in [-0.2, -0.15) is 0 Å². The molecule has 0 amide bonds. The van der Waals surface area contributed by atoms with Crippen LogP contribution in [0.2, 0.25) is 0 Å². The maximum Gasteiger partial charge on any atom is 0.307 e. The Hall–Kier alpha value is -2.18.